The van der Waals surface area contributed by atoms with Crippen molar-refractivity contribution in [2.75, 3.05) is 18.5 Å². The Morgan fingerprint density at radius 1 is 1.21 bits per heavy atom. The summed E-state index contributed by atoms with van der Waals surface area (Å²) in [6.45, 7) is 5.25. The Morgan fingerprint density at radius 3 is 2.91 bits per heavy atom. The summed E-state index contributed by atoms with van der Waals surface area (Å²) in [7, 11) is 0. The number of hydrogen-bond acceptors (Lipinski definition) is 10. The molecule has 0 radical (unpaired) electrons. The van der Waals surface area contributed by atoms with Gasteiger partial charge in [-0.3, -0.25) is 14.2 Å². The van der Waals surface area contributed by atoms with Crippen LogP contribution in [0.5, 0.6) is 17.4 Å². The fourth-order valence-corrected chi connectivity index (χ4v) is 5.12. The van der Waals surface area contributed by atoms with Gasteiger partial charge in [-0.05, 0) is 69.1 Å². The van der Waals surface area contributed by atoms with Crippen LogP contribution in [0.2, 0.25) is 0 Å². The Labute approximate surface area is 248 Å². The summed E-state index contributed by atoms with van der Waals surface area (Å²) in [4.78, 5) is 21.8. The Balaban J connectivity index is 1.29. The molecule has 216 valence electrons. The molecule has 1 aliphatic rings. The zero-order chi connectivity index (χ0) is 29.8. The predicted octanol–water partition coefficient (Wildman–Crippen LogP) is 5.21. The number of carbonyl (C=O) groups excluding carboxylic acids is 1. The number of nitriles is 1. The fourth-order valence-electron chi connectivity index (χ4n) is 5.12. The van der Waals surface area contributed by atoms with Gasteiger partial charge >= 0.3 is 0 Å². The first kappa shape index (κ1) is 27.8. The molecule has 43 heavy (non-hydrogen) atoms. The average molecular weight is 575 g/mol. The van der Waals surface area contributed by atoms with E-state index >= 15 is 0 Å². The summed E-state index contributed by atoms with van der Waals surface area (Å²) < 4.78 is 13.6. The molecule has 0 amide bonds. The zero-order valence-corrected chi connectivity index (χ0v) is 23.9. The number of benzene rings is 2. The van der Waals surface area contributed by atoms with E-state index in [9.17, 15) is 10.1 Å². The zero-order valence-electron chi connectivity index (χ0n) is 23.9. The highest BCUT2D eigenvalue weighted by atomic mass is 16.5. The summed E-state index contributed by atoms with van der Waals surface area (Å²) in [5, 5.41) is 25.3. The lowest BCUT2D eigenvalue weighted by Gasteiger charge is -2.16. The highest BCUT2D eigenvalue weighted by Crippen LogP contribution is 2.35. The molecule has 0 aliphatic carbocycles. The molecule has 5 aromatic rings. The molecular formula is C32H30N8O3. The molecule has 1 aliphatic heterocycles. The minimum absolute atomic E-state index is 0.0169. The molecule has 0 saturated carbocycles. The summed E-state index contributed by atoms with van der Waals surface area (Å²) in [5.74, 6) is 1.62. The standard InChI is InChI=1S/C32H30N8O3/c1-3-42-29-14-27-26(13-21(29)12-25(41)8-6-23-5-4-10-34-23)32(22(16-33)17-35-27)38-24-7-9-28(20(2)11-24)43-31-15-30-39-37-19-40(30)18-36-31/h6-9,11,13-15,17-19,23,34H,3-5,10,12H2,1-2H3,(H,35,38)/b8-6+/t23-/m1/s1. The minimum atomic E-state index is -0.0169. The van der Waals surface area contributed by atoms with Gasteiger partial charge in [0.2, 0.25) is 5.88 Å². The monoisotopic (exact) mass is 574 g/mol. The average Bonchev–Trinajstić information content (AvgIpc) is 3.70. The minimum Gasteiger partial charge on any atom is -0.494 e. The number of ether oxygens (including phenoxy) is 2. The molecule has 2 aromatic carbocycles. The third kappa shape index (κ3) is 6.14. The summed E-state index contributed by atoms with van der Waals surface area (Å²) in [6.07, 6.45) is 10.6. The maximum absolute atomic E-state index is 12.9. The molecule has 3 aromatic heterocycles. The summed E-state index contributed by atoms with van der Waals surface area (Å²) in [5.41, 5.74) is 4.61. The molecule has 1 fully saturated rings. The topological polar surface area (TPSA) is 139 Å². The maximum atomic E-state index is 12.9. The molecule has 0 bridgehead atoms. The van der Waals surface area contributed by atoms with Crippen molar-refractivity contribution in [1.82, 2.24) is 29.9 Å². The van der Waals surface area contributed by atoms with Crippen LogP contribution in [0.15, 0.2) is 67.4 Å². The van der Waals surface area contributed by atoms with Crippen molar-refractivity contribution in [2.45, 2.75) is 39.2 Å². The molecule has 4 heterocycles. The molecule has 11 heteroatoms. The molecular weight excluding hydrogens is 544 g/mol. The molecule has 0 spiro atoms. The van der Waals surface area contributed by atoms with Crippen LogP contribution in [-0.4, -0.2) is 49.5 Å². The molecule has 11 nitrogen and oxygen atoms in total. The molecule has 1 saturated heterocycles. The van der Waals surface area contributed by atoms with Crippen molar-refractivity contribution in [2.24, 2.45) is 0 Å². The largest absolute Gasteiger partial charge is 0.494 e. The number of nitrogens with one attached hydrogen (secondary N) is 2. The van der Waals surface area contributed by atoms with Gasteiger partial charge in [-0.2, -0.15) is 5.26 Å². The second kappa shape index (κ2) is 12.3. The first-order chi connectivity index (χ1) is 21.0. The van der Waals surface area contributed by atoms with E-state index in [-0.39, 0.29) is 18.2 Å². The van der Waals surface area contributed by atoms with E-state index in [0.29, 0.717) is 46.4 Å². The number of carbonyl (C=O) groups is 1. The number of allylic oxidation sites excluding steroid dienone is 1. The number of nitrogens with zero attached hydrogens (tertiary/aromatic N) is 6. The highest BCUT2D eigenvalue weighted by Gasteiger charge is 2.17. The van der Waals surface area contributed by atoms with Gasteiger partial charge in [0.15, 0.2) is 11.4 Å². The SMILES string of the molecule is CCOc1cc2ncc(C#N)c(Nc3ccc(Oc4cc5nncn5cn4)c(C)c3)c2cc1CC(=O)/C=C/[C@H]1CCCN1. The lowest BCUT2D eigenvalue weighted by molar-refractivity contribution is -0.114. The van der Waals surface area contributed by atoms with Crippen LogP contribution < -0.4 is 20.1 Å². The van der Waals surface area contributed by atoms with Gasteiger partial charge in [-0.15, -0.1) is 10.2 Å². The fraction of sp³-hybridized carbons (Fsp3) is 0.250. The van der Waals surface area contributed by atoms with Crippen LogP contribution in [0.4, 0.5) is 11.4 Å². The van der Waals surface area contributed by atoms with Crippen LogP contribution >= 0.6 is 0 Å². The van der Waals surface area contributed by atoms with E-state index in [0.717, 1.165) is 41.6 Å². The molecule has 6 rings (SSSR count). The number of anilines is 2. The van der Waals surface area contributed by atoms with Crippen LogP contribution in [0.25, 0.3) is 16.6 Å². The van der Waals surface area contributed by atoms with Gasteiger partial charge in [0, 0.05) is 47.4 Å². The van der Waals surface area contributed by atoms with Crippen LogP contribution in [0.1, 0.15) is 36.5 Å². The van der Waals surface area contributed by atoms with Crippen LogP contribution in [0, 0.1) is 18.3 Å². The van der Waals surface area contributed by atoms with Crippen LogP contribution in [0.3, 0.4) is 0 Å². The number of pyridine rings is 1. The van der Waals surface area contributed by atoms with E-state index in [1.165, 1.54) is 0 Å². The number of hydrogen-bond donors (Lipinski definition) is 2. The summed E-state index contributed by atoms with van der Waals surface area (Å²) in [6, 6.07) is 13.6. The van der Waals surface area contributed by atoms with Crippen molar-refractivity contribution in [1.29, 1.82) is 5.26 Å². The van der Waals surface area contributed by atoms with E-state index in [4.69, 9.17) is 9.47 Å². The maximum Gasteiger partial charge on any atom is 0.224 e. The highest BCUT2D eigenvalue weighted by molar-refractivity contribution is 5.99. The number of rotatable bonds is 10. The molecule has 2 N–H and O–H groups in total. The first-order valence-corrected chi connectivity index (χ1v) is 14.1. The van der Waals surface area contributed by atoms with Crippen molar-refractivity contribution in [3.63, 3.8) is 0 Å². The van der Waals surface area contributed by atoms with E-state index in [1.54, 1.807) is 35.4 Å². The Bertz CT molecular complexity index is 1890. The van der Waals surface area contributed by atoms with Crippen molar-refractivity contribution in [3.05, 3.63) is 84.1 Å². The Kier molecular flexibility index (Phi) is 7.93. The van der Waals surface area contributed by atoms with E-state index in [1.807, 2.05) is 50.3 Å². The predicted molar refractivity (Wildman–Crippen MR) is 162 cm³/mol. The third-order valence-corrected chi connectivity index (χ3v) is 7.27. The van der Waals surface area contributed by atoms with Gasteiger partial charge in [0.05, 0.1) is 23.4 Å². The smallest absolute Gasteiger partial charge is 0.224 e. The number of fused-ring (bicyclic) bond motifs is 2. The van der Waals surface area contributed by atoms with Crippen molar-refractivity contribution in [3.8, 4) is 23.4 Å². The van der Waals surface area contributed by atoms with Crippen molar-refractivity contribution < 1.29 is 14.3 Å². The van der Waals surface area contributed by atoms with Gasteiger partial charge in [0.25, 0.3) is 0 Å². The molecule has 1 atom stereocenters. The quantitative estimate of drug-likeness (QED) is 0.214. The first-order valence-electron chi connectivity index (χ1n) is 14.1. The summed E-state index contributed by atoms with van der Waals surface area (Å²) >= 11 is 0. The van der Waals surface area contributed by atoms with Gasteiger partial charge in [0.1, 0.15) is 30.2 Å². The Hall–Kier alpha value is -5.34. The van der Waals surface area contributed by atoms with Gasteiger partial charge in [-0.1, -0.05) is 6.08 Å². The third-order valence-electron chi connectivity index (χ3n) is 7.27. The second-order valence-electron chi connectivity index (χ2n) is 10.3. The number of aryl methyl sites for hydroxylation is 1. The molecule has 0 unspecified atom stereocenters. The van der Waals surface area contributed by atoms with E-state index in [2.05, 4.69) is 36.9 Å². The Morgan fingerprint density at radius 2 is 2.12 bits per heavy atom. The lowest BCUT2D eigenvalue weighted by Crippen LogP contribution is -2.18. The van der Waals surface area contributed by atoms with Gasteiger partial charge in [-0.25, -0.2) is 4.98 Å². The lowest BCUT2D eigenvalue weighted by atomic mass is 10.0. The van der Waals surface area contributed by atoms with Crippen LogP contribution in [-0.2, 0) is 11.2 Å². The van der Waals surface area contributed by atoms with Gasteiger partial charge < -0.3 is 20.1 Å². The number of aromatic nitrogens is 5. The normalized spacial score (nSPS) is 14.8. The van der Waals surface area contributed by atoms with E-state index < -0.39 is 0 Å². The van der Waals surface area contributed by atoms with Crippen molar-refractivity contribution >= 4 is 33.7 Å². The second-order valence-corrected chi connectivity index (χ2v) is 10.3. The number of ketones is 1.